The summed E-state index contributed by atoms with van der Waals surface area (Å²) in [5.74, 6) is 0.0741. The molecular formula is C15H14Cl4N4O. The third-order valence-electron chi connectivity index (χ3n) is 4.03. The van der Waals surface area contributed by atoms with Crippen LogP contribution in [0.15, 0.2) is 12.3 Å². The van der Waals surface area contributed by atoms with E-state index in [4.69, 9.17) is 46.4 Å². The average Bonchev–Trinajstić information content (AvgIpc) is 3.05. The van der Waals surface area contributed by atoms with Gasteiger partial charge in [-0.15, -0.1) is 0 Å². The van der Waals surface area contributed by atoms with E-state index in [0.29, 0.717) is 5.82 Å². The number of carbonyl (C=O) groups excluding carboxylic acids is 1. The van der Waals surface area contributed by atoms with Crippen LogP contribution in [-0.4, -0.2) is 20.7 Å². The Kier molecular flexibility index (Phi) is 5.55. The Morgan fingerprint density at radius 1 is 1.08 bits per heavy atom. The van der Waals surface area contributed by atoms with E-state index in [2.05, 4.69) is 15.4 Å². The third kappa shape index (κ3) is 3.49. The second-order valence-electron chi connectivity index (χ2n) is 5.60. The predicted molar refractivity (Wildman–Crippen MR) is 96.6 cm³/mol. The molecule has 1 aliphatic carbocycles. The fourth-order valence-corrected chi connectivity index (χ4v) is 3.66. The second-order valence-corrected chi connectivity index (χ2v) is 7.09. The number of hydrogen-bond acceptors (Lipinski definition) is 3. The summed E-state index contributed by atoms with van der Waals surface area (Å²) in [5, 5.41) is 7.02. The van der Waals surface area contributed by atoms with Gasteiger partial charge in [0, 0.05) is 6.07 Å². The lowest BCUT2D eigenvalue weighted by Crippen LogP contribution is -2.21. The van der Waals surface area contributed by atoms with Crippen molar-refractivity contribution in [2.24, 2.45) is 0 Å². The Labute approximate surface area is 159 Å². The number of nitrogens with zero attached hydrogens (tertiary/aromatic N) is 3. The maximum atomic E-state index is 12.5. The first-order valence-corrected chi connectivity index (χ1v) is 9.05. The predicted octanol–water partition coefficient (Wildman–Crippen LogP) is 5.65. The lowest BCUT2D eigenvalue weighted by molar-refractivity contribution is 0.102. The molecule has 1 N–H and O–H groups in total. The van der Waals surface area contributed by atoms with E-state index in [-0.39, 0.29) is 32.0 Å². The Balaban J connectivity index is 1.85. The third-order valence-corrected chi connectivity index (χ3v) is 5.71. The lowest BCUT2D eigenvalue weighted by atomic mass is 9.96. The van der Waals surface area contributed by atoms with Crippen molar-refractivity contribution in [2.75, 3.05) is 5.32 Å². The molecule has 0 radical (unpaired) electrons. The molecule has 1 amide bonds. The van der Waals surface area contributed by atoms with Crippen LogP contribution in [0.25, 0.3) is 0 Å². The summed E-state index contributed by atoms with van der Waals surface area (Å²) >= 11 is 23.8. The molecule has 9 heteroatoms. The minimum atomic E-state index is -0.516. The number of nitrogens with one attached hydrogen (secondary N) is 1. The number of amides is 1. The summed E-state index contributed by atoms with van der Waals surface area (Å²) in [6, 6.07) is 2.02. The van der Waals surface area contributed by atoms with Crippen LogP contribution in [0.4, 0.5) is 5.82 Å². The molecule has 128 valence electrons. The van der Waals surface area contributed by atoms with Crippen LogP contribution in [0.1, 0.15) is 48.6 Å². The molecule has 1 aliphatic rings. The largest absolute Gasteiger partial charge is 0.305 e. The van der Waals surface area contributed by atoms with Crippen molar-refractivity contribution in [3.63, 3.8) is 0 Å². The van der Waals surface area contributed by atoms with Gasteiger partial charge in [-0.3, -0.25) is 4.79 Å². The van der Waals surface area contributed by atoms with Crippen molar-refractivity contribution >= 4 is 58.1 Å². The summed E-state index contributed by atoms with van der Waals surface area (Å²) in [4.78, 5) is 16.5. The van der Waals surface area contributed by atoms with Gasteiger partial charge in [-0.25, -0.2) is 9.67 Å². The van der Waals surface area contributed by atoms with Crippen molar-refractivity contribution in [1.29, 1.82) is 0 Å². The molecule has 0 aliphatic heterocycles. The van der Waals surface area contributed by atoms with E-state index in [9.17, 15) is 4.79 Å². The van der Waals surface area contributed by atoms with Crippen LogP contribution in [0, 0.1) is 0 Å². The van der Waals surface area contributed by atoms with E-state index >= 15 is 0 Å². The smallest absolute Gasteiger partial charge is 0.277 e. The normalized spacial score (nSPS) is 15.5. The summed E-state index contributed by atoms with van der Waals surface area (Å²) in [5.41, 5.74) is -0.0764. The zero-order valence-electron chi connectivity index (χ0n) is 12.5. The molecule has 5 nitrogen and oxygen atoms in total. The van der Waals surface area contributed by atoms with Crippen molar-refractivity contribution in [3.05, 3.63) is 38.2 Å². The second kappa shape index (κ2) is 7.48. The summed E-state index contributed by atoms with van der Waals surface area (Å²) in [6.07, 6.45) is 7.30. The highest BCUT2D eigenvalue weighted by Crippen LogP contribution is 2.36. The highest BCUT2D eigenvalue weighted by atomic mass is 35.5. The average molecular weight is 408 g/mol. The molecule has 1 fully saturated rings. The molecule has 24 heavy (non-hydrogen) atoms. The molecule has 0 aromatic carbocycles. The zero-order chi connectivity index (χ0) is 17.3. The topological polar surface area (TPSA) is 59.8 Å². The van der Waals surface area contributed by atoms with Crippen molar-refractivity contribution in [1.82, 2.24) is 14.8 Å². The van der Waals surface area contributed by atoms with Crippen LogP contribution in [0.2, 0.25) is 20.2 Å². The van der Waals surface area contributed by atoms with Gasteiger partial charge >= 0.3 is 0 Å². The summed E-state index contributed by atoms with van der Waals surface area (Å²) < 4.78 is 1.84. The Morgan fingerprint density at radius 3 is 2.50 bits per heavy atom. The summed E-state index contributed by atoms with van der Waals surface area (Å²) in [7, 11) is 0. The first-order chi connectivity index (χ1) is 11.5. The number of rotatable bonds is 3. The van der Waals surface area contributed by atoms with Gasteiger partial charge in [0.25, 0.3) is 5.91 Å². The van der Waals surface area contributed by atoms with Gasteiger partial charge in [-0.05, 0) is 12.8 Å². The zero-order valence-corrected chi connectivity index (χ0v) is 15.6. The fourth-order valence-electron chi connectivity index (χ4n) is 2.84. The van der Waals surface area contributed by atoms with Gasteiger partial charge in [0.15, 0.2) is 5.69 Å². The standard InChI is InChI=1S/C15H14Cl4N4O/c16-10-11(17)13(22-14(19)12(10)18)15(24)21-9-6-7-20-23(9)8-4-2-1-3-5-8/h6-8H,1-5H2,(H,21,24). The Hall–Kier alpha value is -1.01. The van der Waals surface area contributed by atoms with Crippen molar-refractivity contribution in [3.8, 4) is 0 Å². The van der Waals surface area contributed by atoms with Crippen LogP contribution in [0.3, 0.4) is 0 Å². The van der Waals surface area contributed by atoms with Gasteiger partial charge in [0.1, 0.15) is 11.0 Å². The summed E-state index contributed by atoms with van der Waals surface area (Å²) in [6.45, 7) is 0. The minimum Gasteiger partial charge on any atom is -0.305 e. The number of carbonyl (C=O) groups is 1. The maximum Gasteiger partial charge on any atom is 0.277 e. The van der Waals surface area contributed by atoms with E-state index in [1.165, 1.54) is 6.42 Å². The quantitative estimate of drug-likeness (QED) is 0.668. The van der Waals surface area contributed by atoms with Gasteiger partial charge in [0.05, 0.1) is 27.3 Å². The first kappa shape index (κ1) is 17.8. The molecule has 2 aromatic rings. The Bertz CT molecular complexity index is 771. The molecular weight excluding hydrogens is 394 g/mol. The van der Waals surface area contributed by atoms with Gasteiger partial charge < -0.3 is 5.32 Å². The van der Waals surface area contributed by atoms with E-state index in [1.807, 2.05) is 4.68 Å². The number of pyridine rings is 1. The maximum absolute atomic E-state index is 12.5. The number of aromatic nitrogens is 3. The molecule has 0 saturated heterocycles. The van der Waals surface area contributed by atoms with Crippen molar-refractivity contribution in [2.45, 2.75) is 38.1 Å². The molecule has 0 spiro atoms. The molecule has 3 rings (SSSR count). The van der Waals surface area contributed by atoms with E-state index in [1.54, 1.807) is 12.3 Å². The van der Waals surface area contributed by atoms with E-state index in [0.717, 1.165) is 25.7 Å². The highest BCUT2D eigenvalue weighted by molar-refractivity contribution is 6.52. The van der Waals surface area contributed by atoms with Gasteiger partial charge in [-0.1, -0.05) is 65.7 Å². The molecule has 0 bridgehead atoms. The number of hydrogen-bond donors (Lipinski definition) is 1. The van der Waals surface area contributed by atoms with Crippen LogP contribution in [-0.2, 0) is 0 Å². The molecule has 0 unspecified atom stereocenters. The minimum absolute atomic E-state index is 0.00396. The molecule has 2 aromatic heterocycles. The fraction of sp³-hybridized carbons (Fsp3) is 0.400. The van der Waals surface area contributed by atoms with Crippen LogP contribution in [0.5, 0.6) is 0 Å². The lowest BCUT2D eigenvalue weighted by Gasteiger charge is -2.23. The van der Waals surface area contributed by atoms with Crippen LogP contribution >= 0.6 is 46.4 Å². The number of anilines is 1. The SMILES string of the molecule is O=C(Nc1ccnn1C1CCCCC1)c1nc(Cl)c(Cl)c(Cl)c1Cl. The molecule has 2 heterocycles. The molecule has 1 saturated carbocycles. The van der Waals surface area contributed by atoms with Gasteiger partial charge in [-0.2, -0.15) is 5.10 Å². The van der Waals surface area contributed by atoms with Crippen LogP contribution < -0.4 is 5.32 Å². The van der Waals surface area contributed by atoms with Gasteiger partial charge in [0.2, 0.25) is 0 Å². The molecule has 0 atom stereocenters. The first-order valence-electron chi connectivity index (χ1n) is 7.54. The Morgan fingerprint density at radius 2 is 1.79 bits per heavy atom. The highest BCUT2D eigenvalue weighted by Gasteiger charge is 2.23. The van der Waals surface area contributed by atoms with Crippen molar-refractivity contribution < 1.29 is 4.79 Å². The monoisotopic (exact) mass is 406 g/mol. The van der Waals surface area contributed by atoms with E-state index < -0.39 is 5.91 Å². The number of halogens is 4.